The molecule has 7 nitrogen and oxygen atoms in total. The Morgan fingerprint density at radius 1 is 1.15 bits per heavy atom. The summed E-state index contributed by atoms with van der Waals surface area (Å²) in [5.74, 6) is 0.171. The topological polar surface area (TPSA) is 81.6 Å². The zero-order valence-corrected chi connectivity index (χ0v) is 16.6. The molecule has 8 heteroatoms. The molecule has 1 aromatic carbocycles. The maximum Gasteiger partial charge on any atom is 0.286 e. The lowest BCUT2D eigenvalue weighted by molar-refractivity contribution is 0.0842. The fraction of sp³-hybridized carbons (Fsp3) is 0.333. The number of aromatic nitrogens is 1. The smallest absolute Gasteiger partial charge is 0.286 e. The molecular weight excluding hydrogens is 402 g/mol. The Hall–Kier alpha value is -2.48. The Morgan fingerprint density at radius 2 is 1.88 bits per heavy atom. The molecule has 0 atom stereocenters. The van der Waals surface area contributed by atoms with Crippen LogP contribution >= 0.6 is 15.9 Å². The van der Waals surface area contributed by atoms with Crippen LogP contribution < -0.4 is 20.3 Å². The number of rotatable bonds is 7. The molecule has 2 N–H and O–H groups in total. The molecule has 0 bridgehead atoms. The Balaban J connectivity index is 2.00. The third kappa shape index (κ3) is 5.01. The minimum Gasteiger partial charge on any atom is -0.493 e. The van der Waals surface area contributed by atoms with E-state index < -0.39 is 11.8 Å². The van der Waals surface area contributed by atoms with E-state index in [1.54, 1.807) is 42.1 Å². The van der Waals surface area contributed by atoms with Gasteiger partial charge in [0.05, 0.1) is 13.7 Å². The van der Waals surface area contributed by atoms with Crippen molar-refractivity contribution in [2.24, 2.45) is 7.05 Å². The summed E-state index contributed by atoms with van der Waals surface area (Å²) in [5, 5.41) is 0. The van der Waals surface area contributed by atoms with Crippen LogP contribution in [0.4, 0.5) is 0 Å². The van der Waals surface area contributed by atoms with Crippen molar-refractivity contribution in [1.29, 1.82) is 0 Å². The summed E-state index contributed by atoms with van der Waals surface area (Å²) in [6.45, 7) is 2.66. The number of hydrazine groups is 1. The molecule has 0 aliphatic carbocycles. The number of benzene rings is 1. The zero-order valence-electron chi connectivity index (χ0n) is 15.0. The summed E-state index contributed by atoms with van der Waals surface area (Å²) in [6, 6.07) is 6.53. The Kier molecular flexibility index (Phi) is 7.08. The highest BCUT2D eigenvalue weighted by Crippen LogP contribution is 2.28. The molecule has 1 aromatic heterocycles. The van der Waals surface area contributed by atoms with Gasteiger partial charge in [0.2, 0.25) is 0 Å². The van der Waals surface area contributed by atoms with Crippen LogP contribution in [0.25, 0.3) is 0 Å². The second kappa shape index (κ2) is 9.28. The largest absolute Gasteiger partial charge is 0.493 e. The van der Waals surface area contributed by atoms with Crippen LogP contribution in [0.1, 0.15) is 40.6 Å². The number of ether oxygens (including phenoxy) is 2. The summed E-state index contributed by atoms with van der Waals surface area (Å²) in [5.41, 5.74) is 5.54. The van der Waals surface area contributed by atoms with Crippen LogP contribution in [0.3, 0.4) is 0 Å². The van der Waals surface area contributed by atoms with E-state index in [9.17, 15) is 9.59 Å². The molecule has 0 spiro atoms. The minimum atomic E-state index is -0.454. The third-order valence-corrected chi connectivity index (χ3v) is 4.11. The number of aryl methyl sites for hydroxylation is 1. The first-order chi connectivity index (χ1) is 12.5. The van der Waals surface area contributed by atoms with Gasteiger partial charge in [0, 0.05) is 23.3 Å². The average molecular weight is 424 g/mol. The second-order valence-corrected chi connectivity index (χ2v) is 6.55. The molecule has 2 aromatic rings. The Bertz CT molecular complexity index is 789. The first-order valence-corrected chi connectivity index (χ1v) is 8.99. The molecule has 2 amide bonds. The average Bonchev–Trinajstić information content (AvgIpc) is 2.98. The van der Waals surface area contributed by atoms with Gasteiger partial charge in [0.15, 0.2) is 11.5 Å². The number of nitrogens with one attached hydrogen (secondary N) is 2. The number of hydrogen-bond acceptors (Lipinski definition) is 4. The zero-order chi connectivity index (χ0) is 19.1. The number of unbranched alkanes of at least 4 members (excludes halogenated alkanes) is 1. The Labute approximate surface area is 160 Å². The predicted octanol–water partition coefficient (Wildman–Crippen LogP) is 3.05. The first kappa shape index (κ1) is 19.8. The highest BCUT2D eigenvalue weighted by molar-refractivity contribution is 9.10. The van der Waals surface area contributed by atoms with E-state index in [-0.39, 0.29) is 0 Å². The fourth-order valence-electron chi connectivity index (χ4n) is 2.25. The van der Waals surface area contributed by atoms with Gasteiger partial charge in [-0.3, -0.25) is 20.4 Å². The first-order valence-electron chi connectivity index (χ1n) is 8.19. The summed E-state index contributed by atoms with van der Waals surface area (Å²) >= 11 is 3.30. The molecular formula is C18H22BrN3O4. The van der Waals surface area contributed by atoms with Gasteiger partial charge in [-0.05, 0) is 46.6 Å². The minimum absolute atomic E-state index is 0.345. The van der Waals surface area contributed by atoms with Crippen molar-refractivity contribution in [3.8, 4) is 11.5 Å². The van der Waals surface area contributed by atoms with Crippen LogP contribution in [-0.2, 0) is 7.05 Å². The highest BCUT2D eigenvalue weighted by Gasteiger charge is 2.14. The Morgan fingerprint density at radius 3 is 2.50 bits per heavy atom. The predicted molar refractivity (Wildman–Crippen MR) is 101 cm³/mol. The standard InChI is InChI=1S/C18H22BrN3O4/c1-4-5-8-26-15-7-6-12(9-16(15)25-3)17(23)20-21-18(24)14-10-13(19)11-22(14)2/h6-7,9-11H,4-5,8H2,1-3H3,(H,20,23)(H,21,24). The molecule has 0 aliphatic rings. The number of nitrogens with zero attached hydrogens (tertiary/aromatic N) is 1. The third-order valence-electron chi connectivity index (χ3n) is 3.68. The van der Waals surface area contributed by atoms with E-state index in [1.165, 1.54) is 7.11 Å². The number of carbonyl (C=O) groups is 2. The normalized spacial score (nSPS) is 10.3. The van der Waals surface area contributed by atoms with Crippen molar-refractivity contribution in [3.63, 3.8) is 0 Å². The van der Waals surface area contributed by atoms with Gasteiger partial charge in [0.25, 0.3) is 11.8 Å². The van der Waals surface area contributed by atoms with Crippen molar-refractivity contribution < 1.29 is 19.1 Å². The van der Waals surface area contributed by atoms with Crippen LogP contribution in [-0.4, -0.2) is 30.1 Å². The summed E-state index contributed by atoms with van der Waals surface area (Å²) in [6.07, 6.45) is 3.71. The van der Waals surface area contributed by atoms with Crippen molar-refractivity contribution in [2.75, 3.05) is 13.7 Å². The number of carbonyl (C=O) groups excluding carboxylic acids is 2. The van der Waals surface area contributed by atoms with Crippen LogP contribution in [0.15, 0.2) is 34.9 Å². The van der Waals surface area contributed by atoms with Crippen molar-refractivity contribution in [3.05, 3.63) is 46.2 Å². The van der Waals surface area contributed by atoms with E-state index >= 15 is 0 Å². The van der Waals surface area contributed by atoms with Gasteiger partial charge >= 0.3 is 0 Å². The second-order valence-electron chi connectivity index (χ2n) is 5.63. The maximum absolute atomic E-state index is 12.3. The summed E-state index contributed by atoms with van der Waals surface area (Å²) in [4.78, 5) is 24.4. The van der Waals surface area contributed by atoms with E-state index in [2.05, 4.69) is 33.7 Å². The molecule has 0 unspecified atom stereocenters. The lowest BCUT2D eigenvalue weighted by atomic mass is 10.2. The highest BCUT2D eigenvalue weighted by atomic mass is 79.9. The lowest BCUT2D eigenvalue weighted by Gasteiger charge is -2.12. The van der Waals surface area contributed by atoms with Crippen molar-refractivity contribution in [1.82, 2.24) is 15.4 Å². The van der Waals surface area contributed by atoms with Crippen molar-refractivity contribution >= 4 is 27.7 Å². The monoisotopic (exact) mass is 423 g/mol. The molecule has 0 saturated carbocycles. The number of hydrogen-bond donors (Lipinski definition) is 2. The van der Waals surface area contributed by atoms with Gasteiger partial charge in [-0.15, -0.1) is 0 Å². The number of methoxy groups -OCH3 is 1. The summed E-state index contributed by atoms with van der Waals surface area (Å²) < 4.78 is 13.3. The number of amides is 2. The van der Waals surface area contributed by atoms with Gasteiger partial charge in [0.1, 0.15) is 5.69 Å². The molecule has 1 heterocycles. The fourth-order valence-corrected chi connectivity index (χ4v) is 2.78. The molecule has 2 rings (SSSR count). The van der Waals surface area contributed by atoms with Crippen molar-refractivity contribution in [2.45, 2.75) is 19.8 Å². The van der Waals surface area contributed by atoms with Crippen LogP contribution in [0, 0.1) is 0 Å². The molecule has 0 fully saturated rings. The van der Waals surface area contributed by atoms with Crippen LogP contribution in [0.5, 0.6) is 11.5 Å². The molecule has 0 radical (unpaired) electrons. The number of halogens is 1. The van der Waals surface area contributed by atoms with Gasteiger partial charge in [-0.2, -0.15) is 0 Å². The van der Waals surface area contributed by atoms with Gasteiger partial charge < -0.3 is 14.0 Å². The van der Waals surface area contributed by atoms with Gasteiger partial charge in [-0.25, -0.2) is 0 Å². The molecule has 140 valence electrons. The maximum atomic E-state index is 12.3. The lowest BCUT2D eigenvalue weighted by Crippen LogP contribution is -2.42. The van der Waals surface area contributed by atoms with Crippen LogP contribution in [0.2, 0.25) is 0 Å². The van der Waals surface area contributed by atoms with Gasteiger partial charge in [-0.1, -0.05) is 13.3 Å². The summed E-state index contributed by atoms with van der Waals surface area (Å²) in [7, 11) is 3.25. The van der Waals surface area contributed by atoms with E-state index in [0.717, 1.165) is 17.3 Å². The quantitative estimate of drug-likeness (QED) is 0.529. The molecule has 0 saturated heterocycles. The van der Waals surface area contributed by atoms with E-state index in [1.807, 2.05) is 0 Å². The molecule has 26 heavy (non-hydrogen) atoms. The van der Waals surface area contributed by atoms with E-state index in [4.69, 9.17) is 9.47 Å². The molecule has 0 aliphatic heterocycles. The van der Waals surface area contributed by atoms with E-state index in [0.29, 0.717) is 29.4 Å². The SMILES string of the molecule is CCCCOc1ccc(C(=O)NNC(=O)c2cc(Br)cn2C)cc1OC.